The summed E-state index contributed by atoms with van der Waals surface area (Å²) in [5, 5.41) is 3.21. The molecule has 1 N–H and O–H groups in total. The topological polar surface area (TPSA) is 83.1 Å². The van der Waals surface area contributed by atoms with Gasteiger partial charge in [-0.05, 0) is 61.2 Å². The largest absolute Gasteiger partial charge is 0.586 e. The number of hydrogen-bond donors (Lipinski definition) is 1. The van der Waals surface area contributed by atoms with Gasteiger partial charge in [-0.3, -0.25) is 4.79 Å². The number of methoxy groups -OCH3 is 1. The van der Waals surface area contributed by atoms with Crippen molar-refractivity contribution in [1.29, 1.82) is 0 Å². The number of benzene rings is 3. The van der Waals surface area contributed by atoms with Gasteiger partial charge in [0.15, 0.2) is 11.5 Å². The number of fused-ring (bicyclic) bond motifs is 2. The number of amides is 1. The molecule has 2 heterocycles. The van der Waals surface area contributed by atoms with Crippen molar-refractivity contribution in [2.45, 2.75) is 50.0 Å². The highest BCUT2D eigenvalue weighted by atomic mass is 19.3. The molecule has 0 bridgehead atoms. The van der Waals surface area contributed by atoms with Gasteiger partial charge < -0.3 is 24.3 Å². The van der Waals surface area contributed by atoms with Gasteiger partial charge in [0.1, 0.15) is 11.9 Å². The number of hydrogen-bond acceptors (Lipinski definition) is 6. The molecule has 6 rings (SSSR count). The number of halogens is 2. The number of nitrogens with one attached hydrogen (secondary N) is 1. The minimum Gasteiger partial charge on any atom is -0.485 e. The Kier molecular flexibility index (Phi) is 5.55. The van der Waals surface area contributed by atoms with Crippen LogP contribution in [-0.4, -0.2) is 25.3 Å². The van der Waals surface area contributed by atoms with Crippen LogP contribution in [0.5, 0.6) is 17.2 Å². The molecule has 196 valence electrons. The zero-order valence-corrected chi connectivity index (χ0v) is 20.8. The molecule has 0 radical (unpaired) electrons. The van der Waals surface area contributed by atoms with Crippen molar-refractivity contribution in [1.82, 2.24) is 5.32 Å². The van der Waals surface area contributed by atoms with E-state index in [-0.39, 0.29) is 23.4 Å². The lowest BCUT2D eigenvalue weighted by atomic mass is 9.89. The number of alkyl halides is 2. The van der Waals surface area contributed by atoms with Crippen LogP contribution < -0.4 is 19.5 Å². The summed E-state index contributed by atoms with van der Waals surface area (Å²) in [6, 6.07) is 17.0. The second-order valence-electron chi connectivity index (χ2n) is 9.94. The first kappa shape index (κ1) is 24.2. The summed E-state index contributed by atoms with van der Waals surface area (Å²) < 4.78 is 47.3. The summed E-state index contributed by atoms with van der Waals surface area (Å²) >= 11 is 0. The average molecular weight is 522 g/mol. The smallest absolute Gasteiger partial charge is 0.485 e. The van der Waals surface area contributed by atoms with Crippen LogP contribution in [0.3, 0.4) is 0 Å². The zero-order chi connectivity index (χ0) is 26.7. The summed E-state index contributed by atoms with van der Waals surface area (Å²) in [6.45, 7) is 1.97. The molecule has 3 aromatic rings. The summed E-state index contributed by atoms with van der Waals surface area (Å²) in [4.78, 5) is 25.8. The SMILES string of the molecule is COC(=O)c1cccc([C@H]2C[C@H](NC(=O)C3(c4ccc5c(c4)OC(F)(F)O5)CC3)c3cc(C)ccc3O2)c1. The molecule has 2 atom stereocenters. The monoisotopic (exact) mass is 521 g/mol. The highest BCUT2D eigenvalue weighted by Gasteiger charge is 2.53. The van der Waals surface area contributed by atoms with Crippen molar-refractivity contribution in [3.8, 4) is 17.2 Å². The van der Waals surface area contributed by atoms with Gasteiger partial charge in [-0.1, -0.05) is 35.9 Å². The first-order valence-electron chi connectivity index (χ1n) is 12.3. The Morgan fingerprint density at radius 2 is 1.74 bits per heavy atom. The average Bonchev–Trinajstić information content (AvgIpc) is 3.65. The van der Waals surface area contributed by atoms with Crippen LogP contribution >= 0.6 is 0 Å². The molecule has 0 unspecified atom stereocenters. The van der Waals surface area contributed by atoms with Crippen LogP contribution in [0.25, 0.3) is 0 Å². The van der Waals surface area contributed by atoms with Crippen LogP contribution in [0.2, 0.25) is 0 Å². The molecule has 1 fully saturated rings. The van der Waals surface area contributed by atoms with Crippen molar-refractivity contribution in [2.75, 3.05) is 7.11 Å². The van der Waals surface area contributed by atoms with Gasteiger partial charge in [0.05, 0.1) is 24.1 Å². The predicted molar refractivity (Wildman–Crippen MR) is 131 cm³/mol. The van der Waals surface area contributed by atoms with Crippen molar-refractivity contribution in [3.05, 3.63) is 88.5 Å². The minimum absolute atomic E-state index is 0.0548. The number of rotatable bonds is 5. The van der Waals surface area contributed by atoms with E-state index >= 15 is 0 Å². The molecule has 3 aliphatic rings. The second kappa shape index (κ2) is 8.72. The van der Waals surface area contributed by atoms with E-state index < -0.39 is 23.8 Å². The van der Waals surface area contributed by atoms with Crippen molar-refractivity contribution < 1.29 is 37.3 Å². The van der Waals surface area contributed by atoms with Crippen molar-refractivity contribution in [3.63, 3.8) is 0 Å². The van der Waals surface area contributed by atoms with Crippen LogP contribution in [0.4, 0.5) is 8.78 Å². The number of esters is 1. The fourth-order valence-electron chi connectivity index (χ4n) is 5.23. The minimum atomic E-state index is -3.72. The van der Waals surface area contributed by atoms with Gasteiger partial charge in [0.2, 0.25) is 5.91 Å². The Morgan fingerprint density at radius 1 is 0.974 bits per heavy atom. The first-order valence-corrected chi connectivity index (χ1v) is 12.3. The molecule has 7 nitrogen and oxygen atoms in total. The summed E-state index contributed by atoms with van der Waals surface area (Å²) in [5.74, 6) is -0.119. The highest BCUT2D eigenvalue weighted by Crippen LogP contribution is 2.52. The van der Waals surface area contributed by atoms with E-state index in [2.05, 4.69) is 14.8 Å². The predicted octanol–water partition coefficient (Wildman–Crippen LogP) is 5.52. The molecule has 0 saturated heterocycles. The molecule has 3 aromatic carbocycles. The standard InChI is InChI=1S/C29H25F2NO6/c1-16-6-8-22-20(12-16)21(15-24(36-22)17-4-3-5-18(13-17)26(33)35-2)32-27(34)28(10-11-28)19-7-9-23-25(14-19)38-29(30,31)37-23/h3-9,12-14,21,24H,10-11,15H2,1-2H3,(H,32,34)/t21-,24+/m0/s1. The summed E-state index contributed by atoms with van der Waals surface area (Å²) in [5.41, 5.74) is 2.86. The van der Waals surface area contributed by atoms with E-state index in [1.165, 1.54) is 19.2 Å². The highest BCUT2D eigenvalue weighted by molar-refractivity contribution is 5.92. The molecule has 38 heavy (non-hydrogen) atoms. The maximum Gasteiger partial charge on any atom is 0.586 e. The third kappa shape index (κ3) is 4.21. The third-order valence-electron chi connectivity index (χ3n) is 7.38. The molecule has 2 aliphatic heterocycles. The summed E-state index contributed by atoms with van der Waals surface area (Å²) in [6.07, 6.45) is -2.52. The lowest BCUT2D eigenvalue weighted by Crippen LogP contribution is -2.39. The quantitative estimate of drug-likeness (QED) is 0.446. The van der Waals surface area contributed by atoms with E-state index in [4.69, 9.17) is 9.47 Å². The van der Waals surface area contributed by atoms with Gasteiger partial charge >= 0.3 is 12.3 Å². The maximum absolute atomic E-state index is 13.7. The Balaban J connectivity index is 1.28. The van der Waals surface area contributed by atoms with Gasteiger partial charge in [-0.25, -0.2) is 4.79 Å². The van der Waals surface area contributed by atoms with Crippen LogP contribution in [0.1, 0.15) is 64.0 Å². The van der Waals surface area contributed by atoms with E-state index in [0.29, 0.717) is 36.1 Å². The molecular formula is C29H25F2NO6. The van der Waals surface area contributed by atoms with Gasteiger partial charge in [0, 0.05) is 12.0 Å². The number of aryl methyl sites for hydroxylation is 1. The number of ether oxygens (including phenoxy) is 4. The fraction of sp³-hybridized carbons (Fsp3) is 0.310. The molecule has 0 aromatic heterocycles. The normalized spacial score (nSPS) is 21.6. The fourth-order valence-corrected chi connectivity index (χ4v) is 5.23. The Labute approximate surface area is 217 Å². The zero-order valence-electron chi connectivity index (χ0n) is 20.8. The number of carbonyl (C=O) groups excluding carboxylic acids is 2. The Morgan fingerprint density at radius 3 is 2.50 bits per heavy atom. The molecule has 1 aliphatic carbocycles. The molecule has 9 heteroatoms. The van der Waals surface area contributed by atoms with Crippen LogP contribution in [0.15, 0.2) is 60.7 Å². The van der Waals surface area contributed by atoms with E-state index in [9.17, 15) is 18.4 Å². The third-order valence-corrected chi connectivity index (χ3v) is 7.38. The number of carbonyl (C=O) groups is 2. The Hall–Kier alpha value is -4.14. The molecule has 0 spiro atoms. The molecular weight excluding hydrogens is 496 g/mol. The van der Waals surface area contributed by atoms with E-state index in [0.717, 1.165) is 16.7 Å². The van der Waals surface area contributed by atoms with Gasteiger partial charge in [-0.15, -0.1) is 8.78 Å². The molecule has 1 amide bonds. The van der Waals surface area contributed by atoms with Gasteiger partial charge in [0.25, 0.3) is 0 Å². The Bertz CT molecular complexity index is 1450. The van der Waals surface area contributed by atoms with Crippen LogP contribution in [0, 0.1) is 6.92 Å². The van der Waals surface area contributed by atoms with Crippen molar-refractivity contribution >= 4 is 11.9 Å². The first-order chi connectivity index (χ1) is 18.2. The van der Waals surface area contributed by atoms with E-state index in [1.807, 2.05) is 31.2 Å². The summed E-state index contributed by atoms with van der Waals surface area (Å²) in [7, 11) is 1.33. The lowest BCUT2D eigenvalue weighted by molar-refractivity contribution is -0.286. The van der Waals surface area contributed by atoms with Crippen molar-refractivity contribution in [2.24, 2.45) is 0 Å². The second-order valence-corrected chi connectivity index (χ2v) is 9.94. The molecule has 1 saturated carbocycles. The lowest BCUT2D eigenvalue weighted by Gasteiger charge is -2.34. The van der Waals surface area contributed by atoms with E-state index in [1.54, 1.807) is 24.3 Å². The van der Waals surface area contributed by atoms with Crippen LogP contribution in [-0.2, 0) is 14.9 Å². The van der Waals surface area contributed by atoms with Gasteiger partial charge in [-0.2, -0.15) is 0 Å². The maximum atomic E-state index is 13.7.